The lowest BCUT2D eigenvalue weighted by atomic mass is 9.82. The van der Waals surface area contributed by atoms with Gasteiger partial charge in [0.05, 0.1) is 5.02 Å². The molecule has 0 amide bonds. The number of halogens is 2. The summed E-state index contributed by atoms with van der Waals surface area (Å²) < 4.78 is 20.5. The average molecular weight is 268 g/mol. The summed E-state index contributed by atoms with van der Waals surface area (Å²) >= 11 is 6.04. The number of fused-ring (bicyclic) bond motifs is 1. The molecule has 3 rings (SSSR count). The van der Waals surface area contributed by atoms with E-state index in [0.717, 1.165) is 5.39 Å². The van der Waals surface area contributed by atoms with Gasteiger partial charge in [0.25, 0.3) is 0 Å². The van der Waals surface area contributed by atoms with E-state index in [1.807, 2.05) is 12.1 Å². The van der Waals surface area contributed by atoms with Crippen molar-refractivity contribution in [2.45, 2.75) is 37.4 Å². The number of hydrogen-bond acceptors (Lipinski definition) is 2. The van der Waals surface area contributed by atoms with Gasteiger partial charge in [-0.2, -0.15) is 0 Å². The summed E-state index contributed by atoms with van der Waals surface area (Å²) in [4.78, 5) is 0. The van der Waals surface area contributed by atoms with Crippen molar-refractivity contribution in [3.63, 3.8) is 0 Å². The van der Waals surface area contributed by atoms with Gasteiger partial charge in [0.2, 0.25) is 0 Å². The van der Waals surface area contributed by atoms with Crippen molar-refractivity contribution in [1.82, 2.24) is 0 Å². The van der Waals surface area contributed by atoms with Gasteiger partial charge in [0.1, 0.15) is 5.76 Å². The lowest BCUT2D eigenvalue weighted by molar-refractivity contribution is 0.0738. The highest BCUT2D eigenvalue weighted by molar-refractivity contribution is 6.34. The van der Waals surface area contributed by atoms with E-state index < -0.39 is 5.67 Å². The van der Waals surface area contributed by atoms with Gasteiger partial charge >= 0.3 is 0 Å². The number of para-hydroxylation sites is 1. The molecule has 2 aromatic rings. The number of rotatable bonds is 1. The van der Waals surface area contributed by atoms with Gasteiger partial charge in [-0.25, -0.2) is 4.39 Å². The van der Waals surface area contributed by atoms with Crippen LogP contribution in [-0.4, -0.2) is 6.04 Å². The Morgan fingerprint density at radius 1 is 1.33 bits per heavy atom. The average Bonchev–Trinajstić information content (AvgIpc) is 2.79. The standard InChI is InChI=1S/C14H15ClFNO/c15-11-3-1-2-9-8-12(18-13(9)11)14(16)6-4-10(17)5-7-14/h1-3,8,10H,4-7,17H2. The Morgan fingerprint density at radius 3 is 2.72 bits per heavy atom. The summed E-state index contributed by atoms with van der Waals surface area (Å²) in [5.74, 6) is 0.387. The van der Waals surface area contributed by atoms with Crippen molar-refractivity contribution in [1.29, 1.82) is 0 Å². The van der Waals surface area contributed by atoms with Crippen LogP contribution >= 0.6 is 11.6 Å². The van der Waals surface area contributed by atoms with Gasteiger partial charge in [-0.1, -0.05) is 23.7 Å². The highest BCUT2D eigenvalue weighted by Gasteiger charge is 2.39. The molecule has 1 aromatic carbocycles. The molecule has 0 bridgehead atoms. The molecule has 1 saturated carbocycles. The molecule has 0 unspecified atom stereocenters. The van der Waals surface area contributed by atoms with E-state index >= 15 is 0 Å². The monoisotopic (exact) mass is 267 g/mol. The molecule has 0 spiro atoms. The molecule has 1 aliphatic rings. The van der Waals surface area contributed by atoms with E-state index in [1.54, 1.807) is 12.1 Å². The number of hydrogen-bond donors (Lipinski definition) is 1. The molecule has 2 N–H and O–H groups in total. The highest BCUT2D eigenvalue weighted by Crippen LogP contribution is 2.43. The smallest absolute Gasteiger partial charge is 0.168 e. The second-order valence-electron chi connectivity index (χ2n) is 5.07. The zero-order valence-corrected chi connectivity index (χ0v) is 10.7. The summed E-state index contributed by atoms with van der Waals surface area (Å²) in [5, 5.41) is 1.37. The lowest BCUT2D eigenvalue weighted by Gasteiger charge is -2.30. The fraction of sp³-hybridized carbons (Fsp3) is 0.429. The number of nitrogens with two attached hydrogens (primary N) is 1. The van der Waals surface area contributed by atoms with Crippen molar-refractivity contribution in [3.05, 3.63) is 35.0 Å². The molecule has 4 heteroatoms. The van der Waals surface area contributed by atoms with Crippen LogP contribution in [0.4, 0.5) is 4.39 Å². The van der Waals surface area contributed by atoms with Gasteiger partial charge in [-0.3, -0.25) is 0 Å². The third-order valence-electron chi connectivity index (χ3n) is 3.76. The van der Waals surface area contributed by atoms with Gasteiger partial charge < -0.3 is 10.2 Å². The summed E-state index contributed by atoms with van der Waals surface area (Å²) in [6, 6.07) is 7.34. The zero-order valence-electron chi connectivity index (χ0n) is 9.96. The summed E-state index contributed by atoms with van der Waals surface area (Å²) in [7, 11) is 0. The fourth-order valence-corrected chi connectivity index (χ4v) is 2.81. The predicted octanol–water partition coefficient (Wildman–Crippen LogP) is 4.15. The molecule has 1 fully saturated rings. The SMILES string of the molecule is NC1CCC(F)(c2cc3cccc(Cl)c3o2)CC1. The topological polar surface area (TPSA) is 39.2 Å². The van der Waals surface area contributed by atoms with Crippen LogP contribution in [0.5, 0.6) is 0 Å². The molecule has 1 aromatic heterocycles. The molecule has 2 nitrogen and oxygen atoms in total. The first-order valence-corrected chi connectivity index (χ1v) is 6.59. The van der Waals surface area contributed by atoms with E-state index in [9.17, 15) is 4.39 Å². The zero-order chi connectivity index (χ0) is 12.8. The minimum atomic E-state index is -1.39. The maximum absolute atomic E-state index is 14.9. The maximum Gasteiger partial charge on any atom is 0.168 e. The van der Waals surface area contributed by atoms with Crippen LogP contribution in [0.1, 0.15) is 31.4 Å². The Kier molecular flexibility index (Phi) is 2.83. The van der Waals surface area contributed by atoms with Gasteiger partial charge in [-0.15, -0.1) is 0 Å². The Bertz CT molecular complexity index is 572. The third kappa shape index (κ3) is 1.91. The van der Waals surface area contributed by atoms with Crippen LogP contribution in [-0.2, 0) is 5.67 Å². The van der Waals surface area contributed by atoms with E-state index in [-0.39, 0.29) is 6.04 Å². The highest BCUT2D eigenvalue weighted by atomic mass is 35.5. The van der Waals surface area contributed by atoms with Gasteiger partial charge in [0, 0.05) is 11.4 Å². The molecule has 0 radical (unpaired) electrons. The molecule has 18 heavy (non-hydrogen) atoms. The van der Waals surface area contributed by atoms with Gasteiger partial charge in [0.15, 0.2) is 11.3 Å². The van der Waals surface area contributed by atoms with Crippen LogP contribution < -0.4 is 5.73 Å². The van der Waals surface area contributed by atoms with E-state index in [1.165, 1.54) is 0 Å². The molecule has 0 aliphatic heterocycles. The molecule has 1 aliphatic carbocycles. The Labute approximate surface area is 110 Å². The predicted molar refractivity (Wildman–Crippen MR) is 70.5 cm³/mol. The molecule has 1 heterocycles. The largest absolute Gasteiger partial charge is 0.456 e. The normalized spacial score (nSPS) is 28.7. The van der Waals surface area contributed by atoms with Crippen molar-refractivity contribution in [3.8, 4) is 0 Å². The second-order valence-corrected chi connectivity index (χ2v) is 5.48. The van der Waals surface area contributed by atoms with Crippen LogP contribution in [0.3, 0.4) is 0 Å². The molecule has 0 atom stereocenters. The third-order valence-corrected chi connectivity index (χ3v) is 4.06. The second kappa shape index (κ2) is 4.25. The molecule has 0 saturated heterocycles. The molecular formula is C14H15ClFNO. The van der Waals surface area contributed by atoms with Crippen molar-refractivity contribution in [2.24, 2.45) is 5.73 Å². The van der Waals surface area contributed by atoms with E-state index in [0.29, 0.717) is 42.0 Å². The van der Waals surface area contributed by atoms with Crippen LogP contribution in [0.25, 0.3) is 11.0 Å². The van der Waals surface area contributed by atoms with E-state index in [4.69, 9.17) is 21.8 Å². The first-order chi connectivity index (χ1) is 8.58. The number of alkyl halides is 1. The quantitative estimate of drug-likeness (QED) is 0.843. The van der Waals surface area contributed by atoms with Crippen LogP contribution in [0, 0.1) is 0 Å². The van der Waals surface area contributed by atoms with E-state index in [2.05, 4.69) is 0 Å². The van der Waals surface area contributed by atoms with Crippen molar-refractivity contribution in [2.75, 3.05) is 0 Å². The number of furan rings is 1. The Morgan fingerprint density at radius 2 is 2.06 bits per heavy atom. The minimum Gasteiger partial charge on any atom is -0.456 e. The summed E-state index contributed by atoms with van der Waals surface area (Å²) in [5.41, 5.74) is 4.99. The maximum atomic E-state index is 14.9. The number of benzene rings is 1. The minimum absolute atomic E-state index is 0.113. The molecular weight excluding hydrogens is 253 g/mol. The fourth-order valence-electron chi connectivity index (χ4n) is 2.59. The van der Waals surface area contributed by atoms with Crippen molar-refractivity contribution < 1.29 is 8.81 Å². The Hall–Kier alpha value is -1.06. The van der Waals surface area contributed by atoms with Crippen LogP contribution in [0.15, 0.2) is 28.7 Å². The Balaban J connectivity index is 2.01. The first kappa shape index (κ1) is 12.0. The molecule has 96 valence electrons. The van der Waals surface area contributed by atoms with Gasteiger partial charge in [-0.05, 0) is 37.8 Å². The van der Waals surface area contributed by atoms with Crippen LogP contribution in [0.2, 0.25) is 5.02 Å². The van der Waals surface area contributed by atoms with Crippen molar-refractivity contribution >= 4 is 22.6 Å². The first-order valence-electron chi connectivity index (χ1n) is 6.21. The lowest BCUT2D eigenvalue weighted by Crippen LogP contribution is -2.33. The summed E-state index contributed by atoms with van der Waals surface area (Å²) in [6.07, 6.45) is 2.24. The summed E-state index contributed by atoms with van der Waals surface area (Å²) in [6.45, 7) is 0.